The molecule has 1 heterocycles. The Bertz CT molecular complexity index is 682. The van der Waals surface area contributed by atoms with Crippen molar-refractivity contribution < 1.29 is 18.3 Å². The van der Waals surface area contributed by atoms with Gasteiger partial charge < -0.3 is 16.2 Å². The lowest BCUT2D eigenvalue weighted by atomic mass is 10.1. The Morgan fingerprint density at radius 1 is 1.54 bits per heavy atom. The highest BCUT2D eigenvalue weighted by Crippen LogP contribution is 2.09. The Morgan fingerprint density at radius 3 is 2.75 bits per heavy atom. The van der Waals surface area contributed by atoms with Crippen LogP contribution < -0.4 is 11.1 Å². The van der Waals surface area contributed by atoms with Crippen LogP contribution in [-0.4, -0.2) is 56.2 Å². The Morgan fingerprint density at radius 2 is 2.25 bits per heavy atom. The van der Waals surface area contributed by atoms with E-state index in [9.17, 15) is 18.3 Å². The Hall–Kier alpha value is -1.68. The molecule has 1 amide bonds. The highest BCUT2D eigenvalue weighted by molar-refractivity contribution is 7.88. The fourth-order valence-corrected chi connectivity index (χ4v) is 2.75. The van der Waals surface area contributed by atoms with Crippen molar-refractivity contribution in [3.8, 4) is 0 Å². The molecule has 7 nitrogen and oxygen atoms in total. The highest BCUT2D eigenvalue weighted by Gasteiger charge is 2.15. The number of hydrogen-bond acceptors (Lipinski definition) is 6. The SMILES string of the molecule is CN(C=C/C(=C\CN)C(=O)N[C@H](CO)Cc1ccsc1)S(C)(=O)=O. The van der Waals surface area contributed by atoms with Crippen LogP contribution in [0.15, 0.2) is 40.8 Å². The molecule has 1 rings (SSSR count). The van der Waals surface area contributed by atoms with Gasteiger partial charge in [0, 0.05) is 25.4 Å². The summed E-state index contributed by atoms with van der Waals surface area (Å²) in [6.45, 7) is -0.0749. The zero-order valence-electron chi connectivity index (χ0n) is 13.7. The van der Waals surface area contributed by atoms with Crippen molar-refractivity contribution in [2.45, 2.75) is 12.5 Å². The van der Waals surface area contributed by atoms with Gasteiger partial charge in [0.25, 0.3) is 5.91 Å². The molecule has 0 aromatic carbocycles. The lowest BCUT2D eigenvalue weighted by Gasteiger charge is -2.16. The van der Waals surface area contributed by atoms with E-state index in [-0.39, 0.29) is 18.7 Å². The number of aliphatic hydroxyl groups excluding tert-OH is 1. The summed E-state index contributed by atoms with van der Waals surface area (Å²) in [5.74, 6) is -0.423. The van der Waals surface area contributed by atoms with Crippen molar-refractivity contribution in [3.05, 3.63) is 46.3 Å². The second kappa shape index (κ2) is 9.58. The van der Waals surface area contributed by atoms with Crippen LogP contribution in [0, 0.1) is 0 Å². The van der Waals surface area contributed by atoms with Crippen LogP contribution in [0.2, 0.25) is 0 Å². The van der Waals surface area contributed by atoms with Crippen molar-refractivity contribution in [1.29, 1.82) is 0 Å². The first-order chi connectivity index (χ1) is 11.3. The van der Waals surface area contributed by atoms with Crippen LogP contribution in [0.3, 0.4) is 0 Å². The number of amides is 1. The van der Waals surface area contributed by atoms with Crippen LogP contribution in [0.4, 0.5) is 0 Å². The third-order valence-corrected chi connectivity index (χ3v) is 5.10. The minimum absolute atomic E-state index is 0.129. The summed E-state index contributed by atoms with van der Waals surface area (Å²) < 4.78 is 23.7. The van der Waals surface area contributed by atoms with Gasteiger partial charge in [-0.3, -0.25) is 9.10 Å². The monoisotopic (exact) mass is 373 g/mol. The summed E-state index contributed by atoms with van der Waals surface area (Å²) >= 11 is 1.54. The maximum Gasteiger partial charge on any atom is 0.251 e. The lowest BCUT2D eigenvalue weighted by molar-refractivity contribution is -0.118. The average Bonchev–Trinajstić information content (AvgIpc) is 3.02. The number of sulfonamides is 1. The molecule has 0 bridgehead atoms. The van der Waals surface area contributed by atoms with Gasteiger partial charge in [-0.15, -0.1) is 0 Å². The van der Waals surface area contributed by atoms with E-state index in [0.29, 0.717) is 6.42 Å². The number of thiophene rings is 1. The smallest absolute Gasteiger partial charge is 0.251 e. The number of nitrogens with two attached hydrogens (primary N) is 1. The molecule has 134 valence electrons. The molecule has 0 spiro atoms. The van der Waals surface area contributed by atoms with E-state index < -0.39 is 22.0 Å². The molecule has 0 radical (unpaired) electrons. The normalized spacial score (nSPS) is 13.9. The maximum atomic E-state index is 12.3. The van der Waals surface area contributed by atoms with Crippen molar-refractivity contribution in [2.75, 3.05) is 26.5 Å². The number of aliphatic hydroxyl groups is 1. The summed E-state index contributed by atoms with van der Waals surface area (Å²) in [7, 11) is -2.01. The third kappa shape index (κ3) is 6.83. The van der Waals surface area contributed by atoms with Crippen molar-refractivity contribution in [2.24, 2.45) is 5.73 Å². The summed E-state index contributed by atoms with van der Waals surface area (Å²) in [6, 6.07) is 1.49. The minimum Gasteiger partial charge on any atom is -0.394 e. The van der Waals surface area contributed by atoms with Gasteiger partial charge in [-0.05, 0) is 34.9 Å². The van der Waals surface area contributed by atoms with Crippen molar-refractivity contribution in [1.82, 2.24) is 9.62 Å². The lowest BCUT2D eigenvalue weighted by Crippen LogP contribution is -2.39. The van der Waals surface area contributed by atoms with Crippen LogP contribution in [0.25, 0.3) is 0 Å². The average molecular weight is 374 g/mol. The molecule has 1 aromatic rings. The predicted molar refractivity (Wildman–Crippen MR) is 95.9 cm³/mol. The Labute approximate surface area is 146 Å². The van der Waals surface area contributed by atoms with E-state index >= 15 is 0 Å². The molecule has 0 aliphatic rings. The number of nitrogens with one attached hydrogen (secondary N) is 1. The molecule has 0 unspecified atom stereocenters. The minimum atomic E-state index is -3.38. The van der Waals surface area contributed by atoms with E-state index in [1.165, 1.54) is 25.4 Å². The van der Waals surface area contributed by atoms with Gasteiger partial charge in [-0.1, -0.05) is 6.08 Å². The summed E-state index contributed by atoms with van der Waals surface area (Å²) in [5, 5.41) is 16.1. The first-order valence-corrected chi connectivity index (χ1v) is 10.0. The Balaban J connectivity index is 2.78. The van der Waals surface area contributed by atoms with E-state index in [0.717, 1.165) is 16.1 Å². The molecular formula is C15H23N3O4S2. The maximum absolute atomic E-state index is 12.3. The molecule has 1 aromatic heterocycles. The molecule has 24 heavy (non-hydrogen) atoms. The zero-order chi connectivity index (χ0) is 18.2. The largest absolute Gasteiger partial charge is 0.394 e. The molecule has 0 saturated carbocycles. The van der Waals surface area contributed by atoms with Crippen LogP contribution in [0.1, 0.15) is 5.56 Å². The molecule has 0 aliphatic heterocycles. The molecule has 9 heteroatoms. The number of rotatable bonds is 9. The van der Waals surface area contributed by atoms with Gasteiger partial charge in [0.05, 0.1) is 18.9 Å². The van der Waals surface area contributed by atoms with Crippen LogP contribution in [0.5, 0.6) is 0 Å². The molecule has 0 fully saturated rings. The van der Waals surface area contributed by atoms with Crippen LogP contribution in [-0.2, 0) is 21.2 Å². The number of nitrogens with zero attached hydrogens (tertiary/aromatic N) is 1. The molecule has 0 aliphatic carbocycles. The third-order valence-electron chi connectivity index (χ3n) is 3.20. The summed E-state index contributed by atoms with van der Waals surface area (Å²) in [5.41, 5.74) is 6.72. The Kier molecular flexibility index (Phi) is 8.13. The fraction of sp³-hybridized carbons (Fsp3) is 0.400. The zero-order valence-corrected chi connectivity index (χ0v) is 15.3. The van der Waals surface area contributed by atoms with E-state index in [4.69, 9.17) is 5.73 Å². The van der Waals surface area contributed by atoms with Crippen molar-refractivity contribution >= 4 is 27.3 Å². The van der Waals surface area contributed by atoms with E-state index in [1.54, 1.807) is 11.3 Å². The van der Waals surface area contributed by atoms with E-state index in [2.05, 4.69) is 5.32 Å². The fourth-order valence-electron chi connectivity index (χ4n) is 1.78. The molecular weight excluding hydrogens is 350 g/mol. The second-order valence-electron chi connectivity index (χ2n) is 5.18. The van der Waals surface area contributed by atoms with Gasteiger partial charge in [0.15, 0.2) is 0 Å². The first-order valence-electron chi connectivity index (χ1n) is 7.22. The topological polar surface area (TPSA) is 113 Å². The highest BCUT2D eigenvalue weighted by atomic mass is 32.2. The standard InChI is InChI=1S/C15H23N3O4S2/c1-18(24(2,21)22)7-4-13(3-6-16)15(20)17-14(10-19)9-12-5-8-23-11-12/h3-5,7-8,11,14,19H,6,9-10,16H2,1-2H3,(H,17,20)/b7-4?,13-3+/t14-/m0/s1. The van der Waals surface area contributed by atoms with Crippen molar-refractivity contribution in [3.63, 3.8) is 0 Å². The number of carbonyl (C=O) groups is 1. The quantitative estimate of drug-likeness (QED) is 0.418. The predicted octanol–water partition coefficient (Wildman–Crippen LogP) is 0.0579. The van der Waals surface area contributed by atoms with Crippen LogP contribution >= 0.6 is 11.3 Å². The van der Waals surface area contributed by atoms with Gasteiger partial charge in [-0.2, -0.15) is 11.3 Å². The molecule has 0 saturated heterocycles. The van der Waals surface area contributed by atoms with E-state index in [1.807, 2.05) is 16.8 Å². The molecule has 1 atom stereocenters. The summed E-state index contributed by atoms with van der Waals surface area (Å²) in [4.78, 5) is 12.3. The number of carbonyl (C=O) groups excluding carboxylic acids is 1. The van der Waals surface area contributed by atoms with Gasteiger partial charge >= 0.3 is 0 Å². The second-order valence-corrected chi connectivity index (χ2v) is 8.00. The number of hydrogen-bond donors (Lipinski definition) is 3. The van der Waals surface area contributed by atoms with Gasteiger partial charge in [-0.25, -0.2) is 8.42 Å². The van der Waals surface area contributed by atoms with Gasteiger partial charge in [0.1, 0.15) is 0 Å². The van der Waals surface area contributed by atoms with Gasteiger partial charge in [0.2, 0.25) is 10.0 Å². The first kappa shape index (κ1) is 20.4. The summed E-state index contributed by atoms with van der Waals surface area (Å²) in [6.07, 6.45) is 5.72. The molecule has 4 N–H and O–H groups in total.